The molecule has 0 amide bonds. The Labute approximate surface area is 341 Å². The zero-order valence-corrected chi connectivity index (χ0v) is 32.8. The molecule has 0 N–H and O–H groups in total. The van der Waals surface area contributed by atoms with Crippen molar-refractivity contribution in [3.63, 3.8) is 0 Å². The third kappa shape index (κ3) is 4.70. The molecule has 0 atom stereocenters. The van der Waals surface area contributed by atoms with E-state index in [4.69, 9.17) is 0 Å². The number of hydrogen-bond acceptors (Lipinski definition) is 2. The van der Waals surface area contributed by atoms with Crippen molar-refractivity contribution in [2.45, 2.75) is 0 Å². The molecule has 0 fully saturated rings. The van der Waals surface area contributed by atoms with E-state index >= 15 is 0 Å². The van der Waals surface area contributed by atoms with Gasteiger partial charge in [-0.3, -0.25) is 0 Å². The van der Waals surface area contributed by atoms with Crippen molar-refractivity contribution in [1.29, 1.82) is 0 Å². The minimum atomic E-state index is 1.18. The number of rotatable bonds is 4. The maximum absolute atomic E-state index is 2.46. The molecule has 2 nitrogen and oxygen atoms in total. The van der Waals surface area contributed by atoms with Crippen LogP contribution in [0.25, 0.3) is 118 Å². The van der Waals surface area contributed by atoms with E-state index in [0.29, 0.717) is 0 Å². The summed E-state index contributed by atoms with van der Waals surface area (Å²) in [5.74, 6) is 0. The minimum Gasteiger partial charge on any atom is -0.309 e. The molecular formula is C54H32N2S2. The summed E-state index contributed by atoms with van der Waals surface area (Å²) in [7, 11) is 0. The van der Waals surface area contributed by atoms with Gasteiger partial charge in [0, 0.05) is 73.3 Å². The predicted molar refractivity (Wildman–Crippen MR) is 252 cm³/mol. The lowest BCUT2D eigenvalue weighted by Crippen LogP contribution is -1.93. The molecule has 9 aromatic carbocycles. The Balaban J connectivity index is 0.965. The van der Waals surface area contributed by atoms with Gasteiger partial charge in [-0.2, -0.15) is 0 Å². The standard InChI is InChI=1S/C54H32N2S2/c1-3-11-33(12-4-1)34-21-25-51-43(29-34)45-31-46-44-30-38(22-26-52(44)58-54(46)32-53(45)57-51)56-48-18-10-8-16-40(48)42-28-36(20-24-50(42)56)35-19-23-49-41(27-35)39-15-7-9-17-47(39)55(49)37-13-5-2-6-14-37/h1-32H. The number of benzene rings is 9. The predicted octanol–water partition coefficient (Wildman–Crippen LogP) is 16.0. The molecule has 13 aromatic rings. The molecular weight excluding hydrogens is 741 g/mol. The Bertz CT molecular complexity index is 3790. The summed E-state index contributed by atoms with van der Waals surface area (Å²) in [6.07, 6.45) is 0. The summed E-state index contributed by atoms with van der Waals surface area (Å²) in [5, 5.41) is 10.4. The molecule has 0 bridgehead atoms. The maximum atomic E-state index is 2.46. The zero-order valence-electron chi connectivity index (χ0n) is 31.2. The topological polar surface area (TPSA) is 9.86 Å². The summed E-state index contributed by atoms with van der Waals surface area (Å²) in [5.41, 5.74) is 12.2. The van der Waals surface area contributed by atoms with Gasteiger partial charge in [-0.25, -0.2) is 0 Å². The number of fused-ring (bicyclic) bond motifs is 12. The van der Waals surface area contributed by atoms with E-state index in [-0.39, 0.29) is 0 Å². The first kappa shape index (κ1) is 32.1. The summed E-state index contributed by atoms with van der Waals surface area (Å²) in [6, 6.07) is 71.8. The molecule has 270 valence electrons. The second-order valence-electron chi connectivity index (χ2n) is 15.3. The minimum absolute atomic E-state index is 1.18. The molecule has 0 saturated heterocycles. The molecule has 0 aliphatic rings. The molecule has 4 heteroatoms. The summed E-state index contributed by atoms with van der Waals surface area (Å²) >= 11 is 3.79. The smallest absolute Gasteiger partial charge is 0.0541 e. The van der Waals surface area contributed by atoms with E-state index < -0.39 is 0 Å². The fourth-order valence-electron chi connectivity index (χ4n) is 9.42. The molecule has 58 heavy (non-hydrogen) atoms. The molecule has 4 heterocycles. The van der Waals surface area contributed by atoms with Crippen LogP contribution in [0.2, 0.25) is 0 Å². The van der Waals surface area contributed by atoms with E-state index in [1.165, 1.54) is 118 Å². The van der Waals surface area contributed by atoms with Crippen molar-refractivity contribution in [3.8, 4) is 33.6 Å². The second kappa shape index (κ2) is 12.3. The normalized spacial score (nSPS) is 12.1. The van der Waals surface area contributed by atoms with Crippen LogP contribution in [-0.2, 0) is 0 Å². The van der Waals surface area contributed by atoms with E-state index in [9.17, 15) is 0 Å². The van der Waals surface area contributed by atoms with Crippen LogP contribution in [0.15, 0.2) is 194 Å². The SMILES string of the molecule is c1ccc(-c2ccc3sc4cc5sc6ccc(-n7c8ccccc8c8cc(-c9ccc%10c(c9)c9ccccc9n%10-c9ccccc9)ccc87)cc6c5cc4c3c2)cc1. The van der Waals surface area contributed by atoms with E-state index in [1.807, 2.05) is 22.7 Å². The number of aromatic nitrogens is 2. The van der Waals surface area contributed by atoms with Gasteiger partial charge in [0.05, 0.1) is 22.1 Å². The highest BCUT2D eigenvalue weighted by molar-refractivity contribution is 7.28. The van der Waals surface area contributed by atoms with Gasteiger partial charge in [0.15, 0.2) is 0 Å². The van der Waals surface area contributed by atoms with E-state index in [0.717, 1.165) is 0 Å². The first-order valence-corrected chi connectivity index (χ1v) is 21.4. The van der Waals surface area contributed by atoms with Crippen molar-refractivity contribution in [3.05, 3.63) is 194 Å². The third-order valence-electron chi connectivity index (χ3n) is 12.1. The summed E-state index contributed by atoms with van der Waals surface area (Å²) < 4.78 is 10.2. The zero-order chi connectivity index (χ0) is 37.9. The molecule has 0 spiro atoms. The lowest BCUT2D eigenvalue weighted by atomic mass is 10.0. The Kier molecular flexibility index (Phi) is 6.79. The van der Waals surface area contributed by atoms with E-state index in [2.05, 4.69) is 203 Å². The molecule has 0 saturated carbocycles. The van der Waals surface area contributed by atoms with Crippen LogP contribution in [0.4, 0.5) is 0 Å². The van der Waals surface area contributed by atoms with E-state index in [1.54, 1.807) is 0 Å². The van der Waals surface area contributed by atoms with Gasteiger partial charge in [0.25, 0.3) is 0 Å². The molecule has 13 rings (SSSR count). The van der Waals surface area contributed by atoms with Gasteiger partial charge in [0.2, 0.25) is 0 Å². The van der Waals surface area contributed by atoms with Gasteiger partial charge in [-0.15, -0.1) is 22.7 Å². The highest BCUT2D eigenvalue weighted by atomic mass is 32.1. The van der Waals surface area contributed by atoms with Crippen LogP contribution in [0, 0.1) is 0 Å². The maximum Gasteiger partial charge on any atom is 0.0541 e. The number of hydrogen-bond donors (Lipinski definition) is 0. The van der Waals surface area contributed by atoms with Crippen LogP contribution in [0.1, 0.15) is 0 Å². The fourth-order valence-corrected chi connectivity index (χ4v) is 11.7. The van der Waals surface area contributed by atoms with Gasteiger partial charge in [-0.05, 0) is 113 Å². The number of para-hydroxylation sites is 3. The van der Waals surface area contributed by atoms with Crippen LogP contribution >= 0.6 is 22.7 Å². The summed E-state index contributed by atoms with van der Waals surface area (Å²) in [4.78, 5) is 0. The Morgan fingerprint density at radius 3 is 1.33 bits per heavy atom. The number of thiophene rings is 2. The fraction of sp³-hybridized carbons (Fsp3) is 0. The van der Waals surface area contributed by atoms with Gasteiger partial charge >= 0.3 is 0 Å². The van der Waals surface area contributed by atoms with Gasteiger partial charge in [-0.1, -0.05) is 103 Å². The lowest BCUT2D eigenvalue weighted by molar-refractivity contribution is 1.18. The Morgan fingerprint density at radius 2 is 0.690 bits per heavy atom. The highest BCUT2D eigenvalue weighted by Crippen LogP contribution is 2.44. The Hall–Kier alpha value is -6.98. The highest BCUT2D eigenvalue weighted by Gasteiger charge is 2.18. The lowest BCUT2D eigenvalue weighted by Gasteiger charge is -2.10. The van der Waals surface area contributed by atoms with Crippen molar-refractivity contribution >= 4 is 107 Å². The average molecular weight is 773 g/mol. The molecule has 0 aliphatic heterocycles. The quantitative estimate of drug-likeness (QED) is 0.169. The first-order chi connectivity index (χ1) is 28.7. The van der Waals surface area contributed by atoms with Crippen molar-refractivity contribution in [2.75, 3.05) is 0 Å². The van der Waals surface area contributed by atoms with Crippen LogP contribution in [0.3, 0.4) is 0 Å². The van der Waals surface area contributed by atoms with Crippen molar-refractivity contribution in [1.82, 2.24) is 9.13 Å². The number of nitrogens with zero attached hydrogens (tertiary/aromatic N) is 2. The van der Waals surface area contributed by atoms with Gasteiger partial charge in [0.1, 0.15) is 0 Å². The molecule has 0 aliphatic carbocycles. The van der Waals surface area contributed by atoms with Gasteiger partial charge < -0.3 is 9.13 Å². The summed E-state index contributed by atoms with van der Waals surface area (Å²) in [6.45, 7) is 0. The third-order valence-corrected chi connectivity index (χ3v) is 14.4. The van der Waals surface area contributed by atoms with Crippen molar-refractivity contribution < 1.29 is 0 Å². The molecule has 4 aromatic heterocycles. The van der Waals surface area contributed by atoms with Crippen LogP contribution < -0.4 is 0 Å². The van der Waals surface area contributed by atoms with Crippen LogP contribution in [-0.4, -0.2) is 9.13 Å². The second-order valence-corrected chi connectivity index (χ2v) is 17.5. The Morgan fingerprint density at radius 1 is 0.241 bits per heavy atom. The molecule has 0 unspecified atom stereocenters. The molecule has 0 radical (unpaired) electrons. The van der Waals surface area contributed by atoms with Crippen molar-refractivity contribution in [2.24, 2.45) is 0 Å². The largest absolute Gasteiger partial charge is 0.309 e. The van der Waals surface area contributed by atoms with Crippen LogP contribution in [0.5, 0.6) is 0 Å². The first-order valence-electron chi connectivity index (χ1n) is 19.7. The average Bonchev–Trinajstić information content (AvgIpc) is 4.02. The monoisotopic (exact) mass is 772 g/mol.